The zero-order valence-corrected chi connectivity index (χ0v) is 23.6. The second-order valence-corrected chi connectivity index (χ2v) is 13.5. The summed E-state index contributed by atoms with van der Waals surface area (Å²) in [6.45, 7) is 4.05. The maximum Gasteiger partial charge on any atom is 0.259 e. The molecule has 0 bridgehead atoms. The van der Waals surface area contributed by atoms with Crippen LogP contribution in [0.2, 0.25) is 0 Å². The molecule has 0 radical (unpaired) electrons. The molecular formula is C27H32N4O2P2S. The molecule has 3 fully saturated rings. The fourth-order valence-electron chi connectivity index (χ4n) is 5.28. The third kappa shape index (κ3) is 4.54. The topological polar surface area (TPSA) is 57.7 Å². The number of ether oxygens (including phenoxy) is 1. The number of hydrogen-bond donors (Lipinski definition) is 1. The number of thiocarbonyl (C=S) groups is 1. The van der Waals surface area contributed by atoms with E-state index in [1.807, 2.05) is 42.2 Å². The van der Waals surface area contributed by atoms with E-state index in [-0.39, 0.29) is 16.9 Å². The lowest BCUT2D eigenvalue weighted by Crippen LogP contribution is -2.55. The highest BCUT2D eigenvalue weighted by molar-refractivity contribution is 7.81. The third-order valence-corrected chi connectivity index (χ3v) is 8.35. The Morgan fingerprint density at radius 3 is 2.58 bits per heavy atom. The molecule has 6 nitrogen and oxygen atoms in total. The second-order valence-electron chi connectivity index (χ2n) is 10.1. The average molecular weight is 539 g/mol. The number of rotatable bonds is 5. The van der Waals surface area contributed by atoms with Crippen LogP contribution in [0.5, 0.6) is 5.75 Å². The Labute approximate surface area is 223 Å². The van der Waals surface area contributed by atoms with Gasteiger partial charge in [-0.3, -0.25) is 9.69 Å². The van der Waals surface area contributed by atoms with Crippen molar-refractivity contribution >= 4 is 53.1 Å². The summed E-state index contributed by atoms with van der Waals surface area (Å²) in [7, 11) is 5.53. The number of anilines is 2. The van der Waals surface area contributed by atoms with Gasteiger partial charge in [0.2, 0.25) is 0 Å². The van der Waals surface area contributed by atoms with Crippen molar-refractivity contribution in [3.8, 4) is 18.1 Å². The summed E-state index contributed by atoms with van der Waals surface area (Å²) in [5.74, 6) is 3.50. The fourth-order valence-corrected chi connectivity index (χ4v) is 6.19. The zero-order valence-electron chi connectivity index (χ0n) is 20.5. The molecule has 1 saturated carbocycles. The van der Waals surface area contributed by atoms with E-state index in [0.717, 1.165) is 68.6 Å². The van der Waals surface area contributed by atoms with Crippen molar-refractivity contribution in [2.24, 2.45) is 0 Å². The Morgan fingerprint density at radius 2 is 1.94 bits per heavy atom. The maximum atomic E-state index is 13.9. The van der Waals surface area contributed by atoms with Gasteiger partial charge in [0.1, 0.15) is 17.0 Å². The first kappa shape index (κ1) is 25.6. The molecule has 1 aromatic carbocycles. The minimum Gasteiger partial charge on any atom is -0.490 e. The number of nitrogens with one attached hydrogen (secondary N) is 1. The summed E-state index contributed by atoms with van der Waals surface area (Å²) < 4.78 is 6.25. The molecular weight excluding hydrogens is 506 g/mol. The van der Waals surface area contributed by atoms with Crippen LogP contribution in [0.3, 0.4) is 0 Å². The Balaban J connectivity index is 1.44. The number of aromatic nitrogens is 1. The number of carbonyl (C=O) groups is 1. The predicted octanol–water partition coefficient (Wildman–Crippen LogP) is 4.57. The first-order valence-electron chi connectivity index (χ1n) is 12.5. The predicted molar refractivity (Wildman–Crippen MR) is 156 cm³/mol. The standard InChI is InChI=1S/C27H32N4O2P2S/c1-3-23-22(26(2,34)35)16-19(17-29-23)30-24(32)27(12-5-13-27)31(25(30)36)18-7-9-21(10-8-18)33-20-6-4-14-28-15-11-20/h1,7-10,16-17,20,28H,4-6,11-15,34-35H2,2H3. The van der Waals surface area contributed by atoms with Crippen LogP contribution in [0.4, 0.5) is 11.4 Å². The highest BCUT2D eigenvalue weighted by Crippen LogP contribution is 2.48. The number of pyridine rings is 1. The van der Waals surface area contributed by atoms with E-state index in [0.29, 0.717) is 16.5 Å². The lowest BCUT2D eigenvalue weighted by Gasteiger charge is -2.43. The Kier molecular flexibility index (Phi) is 7.09. The molecule has 1 N–H and O–H groups in total. The quantitative estimate of drug-likeness (QED) is 0.342. The van der Waals surface area contributed by atoms with E-state index in [2.05, 4.69) is 34.7 Å². The Bertz CT molecular complexity index is 1210. The molecule has 2 aliphatic heterocycles. The largest absolute Gasteiger partial charge is 0.490 e. The minimum atomic E-state index is -0.650. The summed E-state index contributed by atoms with van der Waals surface area (Å²) in [6, 6.07) is 9.94. The summed E-state index contributed by atoms with van der Waals surface area (Å²) in [6.07, 6.45) is 13.3. The molecule has 188 valence electrons. The number of amides is 1. The van der Waals surface area contributed by atoms with Gasteiger partial charge in [-0.2, -0.15) is 0 Å². The fraction of sp³-hybridized carbons (Fsp3) is 0.444. The highest BCUT2D eigenvalue weighted by atomic mass is 32.1. The summed E-state index contributed by atoms with van der Waals surface area (Å²) in [4.78, 5) is 21.6. The van der Waals surface area contributed by atoms with Crippen LogP contribution in [-0.4, -0.2) is 40.7 Å². The summed E-state index contributed by atoms with van der Waals surface area (Å²) in [5.41, 5.74) is 2.30. The van der Waals surface area contributed by atoms with Crippen LogP contribution in [0.15, 0.2) is 36.5 Å². The van der Waals surface area contributed by atoms with Crippen molar-refractivity contribution in [1.29, 1.82) is 0 Å². The second kappa shape index (κ2) is 9.99. The van der Waals surface area contributed by atoms with Gasteiger partial charge in [0.05, 0.1) is 18.0 Å². The van der Waals surface area contributed by atoms with Crippen LogP contribution < -0.4 is 19.9 Å². The normalized spacial score (nSPS) is 21.8. The zero-order chi connectivity index (χ0) is 25.5. The molecule has 1 spiro atoms. The number of hydrogen-bond acceptors (Lipinski definition) is 5. The summed E-state index contributed by atoms with van der Waals surface area (Å²) >= 11 is 5.94. The first-order valence-corrected chi connectivity index (χ1v) is 14.0. The lowest BCUT2D eigenvalue weighted by molar-refractivity contribution is -0.123. The van der Waals surface area contributed by atoms with E-state index >= 15 is 0 Å². The molecule has 2 saturated heterocycles. The van der Waals surface area contributed by atoms with Gasteiger partial charge in [-0.25, -0.2) is 4.98 Å². The van der Waals surface area contributed by atoms with Gasteiger partial charge in [0, 0.05) is 16.1 Å². The molecule has 3 heterocycles. The van der Waals surface area contributed by atoms with E-state index < -0.39 is 5.54 Å². The Morgan fingerprint density at radius 1 is 1.19 bits per heavy atom. The number of carbonyl (C=O) groups excluding carboxylic acids is 1. The molecule has 1 aromatic heterocycles. The molecule has 1 amide bonds. The van der Waals surface area contributed by atoms with Crippen molar-refractivity contribution in [3.63, 3.8) is 0 Å². The molecule has 5 rings (SSSR count). The number of benzene rings is 1. The van der Waals surface area contributed by atoms with Crippen molar-refractivity contribution in [3.05, 3.63) is 47.8 Å². The lowest BCUT2D eigenvalue weighted by atomic mass is 9.75. The van der Waals surface area contributed by atoms with Crippen LogP contribution in [0, 0.1) is 12.3 Å². The van der Waals surface area contributed by atoms with Gasteiger partial charge in [-0.05, 0) is 107 Å². The van der Waals surface area contributed by atoms with E-state index in [9.17, 15) is 4.79 Å². The van der Waals surface area contributed by atoms with Gasteiger partial charge in [0.15, 0.2) is 5.11 Å². The van der Waals surface area contributed by atoms with Crippen LogP contribution in [0.25, 0.3) is 0 Å². The molecule has 2 aromatic rings. The van der Waals surface area contributed by atoms with Crippen molar-refractivity contribution in [2.45, 2.75) is 62.0 Å². The van der Waals surface area contributed by atoms with Gasteiger partial charge in [-0.1, -0.05) is 0 Å². The monoisotopic (exact) mass is 538 g/mol. The van der Waals surface area contributed by atoms with Crippen LogP contribution >= 0.6 is 30.7 Å². The van der Waals surface area contributed by atoms with Gasteiger partial charge >= 0.3 is 0 Å². The average Bonchev–Trinajstić information content (AvgIpc) is 2.96. The van der Waals surface area contributed by atoms with Crippen LogP contribution in [0.1, 0.15) is 56.7 Å². The van der Waals surface area contributed by atoms with E-state index in [1.54, 1.807) is 11.1 Å². The minimum absolute atomic E-state index is 0.000421. The molecule has 3 unspecified atom stereocenters. The van der Waals surface area contributed by atoms with Gasteiger partial charge < -0.3 is 15.0 Å². The smallest absolute Gasteiger partial charge is 0.259 e. The van der Waals surface area contributed by atoms with Crippen molar-refractivity contribution < 1.29 is 9.53 Å². The third-order valence-electron chi connectivity index (χ3n) is 7.36. The van der Waals surface area contributed by atoms with Crippen molar-refractivity contribution in [1.82, 2.24) is 10.3 Å². The molecule has 3 atom stereocenters. The van der Waals surface area contributed by atoms with Crippen molar-refractivity contribution in [2.75, 3.05) is 22.9 Å². The summed E-state index contributed by atoms with van der Waals surface area (Å²) in [5, 5.41) is 3.89. The number of terminal acetylenes is 1. The molecule has 9 heteroatoms. The van der Waals surface area contributed by atoms with Crippen LogP contribution in [-0.2, 0) is 9.69 Å². The maximum absolute atomic E-state index is 13.9. The van der Waals surface area contributed by atoms with Gasteiger partial charge in [0.25, 0.3) is 5.91 Å². The Hall–Kier alpha value is -2.09. The van der Waals surface area contributed by atoms with E-state index in [1.165, 1.54) is 0 Å². The molecule has 1 aliphatic carbocycles. The number of nitrogens with zero attached hydrogens (tertiary/aromatic N) is 3. The highest BCUT2D eigenvalue weighted by Gasteiger charge is 2.59. The molecule has 3 aliphatic rings. The SMILES string of the molecule is C#Cc1ncc(N2C(=O)C3(CCC3)N(c3ccc(OC4CCCNCC4)cc3)C2=S)cc1C(C)(P)P. The van der Waals surface area contributed by atoms with E-state index in [4.69, 9.17) is 23.4 Å². The first-order chi connectivity index (χ1) is 17.2. The molecule has 36 heavy (non-hydrogen) atoms. The van der Waals surface area contributed by atoms with Gasteiger partial charge in [-0.15, -0.1) is 24.9 Å².